The van der Waals surface area contributed by atoms with Gasteiger partial charge in [0, 0.05) is 55.4 Å². The van der Waals surface area contributed by atoms with Gasteiger partial charge in [-0.15, -0.1) is 0 Å². The number of pyridine rings is 1. The molecule has 0 bridgehead atoms. The third-order valence-corrected chi connectivity index (χ3v) is 5.84. The number of fused-ring (bicyclic) bond motifs is 1. The Morgan fingerprint density at radius 2 is 2.07 bits per heavy atom. The Balaban J connectivity index is 1.70. The van der Waals surface area contributed by atoms with E-state index < -0.39 is 0 Å². The molecule has 1 aromatic carbocycles. The Bertz CT molecular complexity index is 1170. The van der Waals surface area contributed by atoms with Gasteiger partial charge >= 0.3 is 0 Å². The predicted molar refractivity (Wildman–Crippen MR) is 121 cm³/mol. The first-order valence-electron chi connectivity index (χ1n) is 10.5. The quantitative estimate of drug-likeness (QED) is 0.727. The lowest BCUT2D eigenvalue weighted by molar-refractivity contribution is 0.0708. The van der Waals surface area contributed by atoms with Crippen LogP contribution in [0, 0.1) is 0 Å². The Hall–Kier alpha value is -3.12. The average Bonchev–Trinajstić information content (AvgIpc) is 3.10. The van der Waals surface area contributed by atoms with E-state index in [1.165, 1.54) is 0 Å². The van der Waals surface area contributed by atoms with Gasteiger partial charge in [0.05, 0.1) is 11.4 Å². The maximum atomic E-state index is 13.0. The van der Waals surface area contributed by atoms with Crippen LogP contribution in [-0.2, 0) is 13.6 Å². The van der Waals surface area contributed by atoms with Crippen molar-refractivity contribution in [2.75, 3.05) is 13.1 Å². The zero-order chi connectivity index (χ0) is 21.3. The molecule has 1 aliphatic heterocycles. The molecule has 156 valence electrons. The molecule has 1 fully saturated rings. The average molecular weight is 404 g/mol. The number of amides is 1. The number of aromatic nitrogens is 2. The van der Waals surface area contributed by atoms with Crippen LogP contribution >= 0.6 is 0 Å². The number of piperidine rings is 1. The Morgan fingerprint density at radius 1 is 1.27 bits per heavy atom. The molecule has 0 saturated carbocycles. The van der Waals surface area contributed by atoms with E-state index in [-0.39, 0.29) is 11.9 Å². The molecule has 2 aromatic heterocycles. The summed E-state index contributed by atoms with van der Waals surface area (Å²) < 4.78 is 4.12. The number of carbonyl (C=O) groups is 1. The van der Waals surface area contributed by atoms with Crippen LogP contribution in [0.3, 0.4) is 0 Å². The summed E-state index contributed by atoms with van der Waals surface area (Å²) in [7, 11) is 2.02. The van der Waals surface area contributed by atoms with Crippen molar-refractivity contribution in [2.24, 2.45) is 17.8 Å². The fourth-order valence-electron chi connectivity index (χ4n) is 4.15. The Morgan fingerprint density at radius 3 is 2.80 bits per heavy atom. The zero-order valence-corrected chi connectivity index (χ0v) is 17.7. The lowest BCUT2D eigenvalue weighted by Crippen LogP contribution is -2.46. The van der Waals surface area contributed by atoms with Crippen molar-refractivity contribution >= 4 is 22.5 Å². The first kappa shape index (κ1) is 20.2. The molecule has 1 saturated heterocycles. The summed E-state index contributed by atoms with van der Waals surface area (Å²) in [4.78, 5) is 19.7. The summed E-state index contributed by atoms with van der Waals surface area (Å²) in [5.41, 5.74) is 10.2. The number of carbonyl (C=O) groups excluding carboxylic acids is 1. The van der Waals surface area contributed by atoms with Gasteiger partial charge in [-0.25, -0.2) is 4.99 Å². The molecule has 2 N–H and O–H groups in total. The van der Waals surface area contributed by atoms with Gasteiger partial charge in [-0.05, 0) is 44.0 Å². The number of hydrogen-bond acceptors (Lipinski definition) is 3. The fraction of sp³-hybridized carbons (Fsp3) is 0.333. The van der Waals surface area contributed by atoms with Gasteiger partial charge in [0.2, 0.25) is 0 Å². The minimum Gasteiger partial charge on any atom is -0.342 e. The number of para-hydroxylation sites is 1. The van der Waals surface area contributed by atoms with Crippen LogP contribution in [-0.4, -0.2) is 39.1 Å². The second kappa shape index (κ2) is 8.32. The smallest absolute Gasteiger partial charge is 0.254 e. The van der Waals surface area contributed by atoms with Crippen molar-refractivity contribution < 1.29 is 4.79 Å². The molecule has 30 heavy (non-hydrogen) atoms. The minimum atomic E-state index is 0.0140. The van der Waals surface area contributed by atoms with Crippen LogP contribution in [0.15, 0.2) is 60.2 Å². The molecule has 4 rings (SSSR count). The molecular formula is C24H29N5O. The number of aryl methyl sites for hydroxylation is 2. The van der Waals surface area contributed by atoms with E-state index in [4.69, 9.17) is 10.7 Å². The number of nitrogens with two attached hydrogens (primary N) is 1. The summed E-state index contributed by atoms with van der Waals surface area (Å²) in [5.74, 6) is 0.0140. The largest absolute Gasteiger partial charge is 0.342 e. The second-order valence-electron chi connectivity index (χ2n) is 7.92. The molecule has 3 heterocycles. The van der Waals surface area contributed by atoms with Gasteiger partial charge in [-0.3, -0.25) is 4.79 Å². The second-order valence-corrected chi connectivity index (χ2v) is 7.92. The maximum absolute atomic E-state index is 13.0. The van der Waals surface area contributed by atoms with Crippen molar-refractivity contribution in [3.05, 3.63) is 72.0 Å². The van der Waals surface area contributed by atoms with Crippen LogP contribution < -0.4 is 11.2 Å². The van der Waals surface area contributed by atoms with Crippen molar-refractivity contribution in [1.82, 2.24) is 14.0 Å². The van der Waals surface area contributed by atoms with Gasteiger partial charge in [0.15, 0.2) is 0 Å². The molecule has 1 atom stereocenters. The summed E-state index contributed by atoms with van der Waals surface area (Å²) in [6.45, 7) is 8.39. The van der Waals surface area contributed by atoms with Gasteiger partial charge in [-0.2, -0.15) is 0 Å². The predicted octanol–water partition coefficient (Wildman–Crippen LogP) is 3.13. The van der Waals surface area contributed by atoms with Gasteiger partial charge in [-0.1, -0.05) is 24.8 Å². The molecule has 0 unspecified atom stereocenters. The van der Waals surface area contributed by atoms with E-state index in [0.717, 1.165) is 48.0 Å². The SMILES string of the molecule is C=C(N=c1cc(C(=O)N2CCC[C@@H](N)C2)ccn1CC)c1cc2ccccc2n1C. The standard InChI is InChI=1S/C24H29N5O/c1-4-28-13-11-19(24(30)29-12-7-9-20(25)16-29)15-23(28)26-17(2)22-14-18-8-5-6-10-21(18)27(22)3/h5-6,8,10-11,13-15,20H,2,4,7,9,12,16,25H2,1,3H3/t20-/m1/s1. The van der Waals surface area contributed by atoms with Crippen molar-refractivity contribution in [3.8, 4) is 0 Å². The molecule has 1 aliphatic rings. The first-order valence-corrected chi connectivity index (χ1v) is 10.5. The summed E-state index contributed by atoms with van der Waals surface area (Å²) >= 11 is 0. The van der Waals surface area contributed by atoms with Crippen molar-refractivity contribution in [3.63, 3.8) is 0 Å². The van der Waals surface area contributed by atoms with E-state index in [1.807, 2.05) is 47.0 Å². The molecule has 0 aliphatic carbocycles. The molecule has 3 aromatic rings. The third-order valence-electron chi connectivity index (χ3n) is 5.84. The van der Waals surface area contributed by atoms with Gasteiger partial charge < -0.3 is 19.8 Å². The normalized spacial score (nSPS) is 17.5. The molecule has 6 nitrogen and oxygen atoms in total. The highest BCUT2D eigenvalue weighted by atomic mass is 16.2. The molecule has 0 spiro atoms. The summed E-state index contributed by atoms with van der Waals surface area (Å²) in [6, 6.07) is 14.1. The lowest BCUT2D eigenvalue weighted by atomic mass is 10.1. The molecule has 6 heteroatoms. The molecule has 1 amide bonds. The monoisotopic (exact) mass is 403 g/mol. The minimum absolute atomic E-state index is 0.0140. The van der Waals surface area contributed by atoms with E-state index in [9.17, 15) is 4.79 Å². The number of rotatable bonds is 4. The maximum Gasteiger partial charge on any atom is 0.254 e. The number of hydrogen-bond donors (Lipinski definition) is 1. The molecule has 0 radical (unpaired) electrons. The van der Waals surface area contributed by atoms with Gasteiger partial charge in [0.1, 0.15) is 5.49 Å². The number of nitrogens with zero attached hydrogens (tertiary/aromatic N) is 4. The lowest BCUT2D eigenvalue weighted by Gasteiger charge is -2.30. The van der Waals surface area contributed by atoms with Crippen LogP contribution in [0.5, 0.6) is 0 Å². The van der Waals surface area contributed by atoms with Crippen LogP contribution in [0.1, 0.15) is 35.8 Å². The highest BCUT2D eigenvalue weighted by Gasteiger charge is 2.22. The zero-order valence-electron chi connectivity index (χ0n) is 17.7. The molecular weight excluding hydrogens is 374 g/mol. The number of likely N-dealkylation sites (tertiary alicyclic amines) is 1. The van der Waals surface area contributed by atoms with Crippen molar-refractivity contribution in [2.45, 2.75) is 32.4 Å². The first-order chi connectivity index (χ1) is 14.5. The summed E-state index contributed by atoms with van der Waals surface area (Å²) in [5, 5.41) is 1.15. The number of benzene rings is 1. The Kier molecular flexibility index (Phi) is 5.59. The van der Waals surface area contributed by atoms with Crippen LogP contribution in [0.2, 0.25) is 0 Å². The van der Waals surface area contributed by atoms with E-state index in [0.29, 0.717) is 17.8 Å². The van der Waals surface area contributed by atoms with Crippen LogP contribution in [0.25, 0.3) is 16.6 Å². The third kappa shape index (κ3) is 3.83. The highest BCUT2D eigenvalue weighted by Crippen LogP contribution is 2.23. The Labute approximate surface area is 176 Å². The topological polar surface area (TPSA) is 68.5 Å². The van der Waals surface area contributed by atoms with E-state index in [2.05, 4.69) is 36.3 Å². The van der Waals surface area contributed by atoms with E-state index in [1.54, 1.807) is 0 Å². The van der Waals surface area contributed by atoms with Crippen LogP contribution in [0.4, 0.5) is 0 Å². The van der Waals surface area contributed by atoms with E-state index >= 15 is 0 Å². The van der Waals surface area contributed by atoms with Gasteiger partial charge in [0.25, 0.3) is 5.91 Å². The van der Waals surface area contributed by atoms with Crippen molar-refractivity contribution in [1.29, 1.82) is 0 Å². The fourth-order valence-corrected chi connectivity index (χ4v) is 4.15. The highest BCUT2D eigenvalue weighted by molar-refractivity contribution is 5.94. The summed E-state index contributed by atoms with van der Waals surface area (Å²) in [6.07, 6.45) is 3.84.